The number of rotatable bonds is 4. The molecule has 0 aliphatic carbocycles. The molecule has 5 heteroatoms. The third-order valence-corrected chi connectivity index (χ3v) is 5.28. The highest BCUT2D eigenvalue weighted by atomic mass is 16.2. The van der Waals surface area contributed by atoms with Gasteiger partial charge < -0.3 is 16.0 Å². The highest BCUT2D eigenvalue weighted by Gasteiger charge is 2.29. The lowest BCUT2D eigenvalue weighted by Gasteiger charge is -2.38. The monoisotopic (exact) mass is 365 g/mol. The molecule has 0 radical (unpaired) electrons. The highest BCUT2D eigenvalue weighted by Crippen LogP contribution is 2.25. The second-order valence-corrected chi connectivity index (χ2v) is 7.37. The summed E-state index contributed by atoms with van der Waals surface area (Å²) in [6, 6.07) is 14.6. The molecule has 3 N–H and O–H groups in total. The SMILES string of the molecule is Cc1ccc(C(=O)N2CCC(C)CC2CN)cc1NC(=O)c1ccccc1. The smallest absolute Gasteiger partial charge is 0.255 e. The Hall–Kier alpha value is -2.66. The summed E-state index contributed by atoms with van der Waals surface area (Å²) >= 11 is 0. The minimum Gasteiger partial charge on any atom is -0.334 e. The fourth-order valence-electron chi connectivity index (χ4n) is 3.58. The molecule has 2 atom stereocenters. The zero-order chi connectivity index (χ0) is 19.4. The molecule has 1 aliphatic rings. The Bertz CT molecular complexity index is 820. The van der Waals surface area contributed by atoms with E-state index in [1.54, 1.807) is 18.2 Å². The number of benzene rings is 2. The molecule has 27 heavy (non-hydrogen) atoms. The fourth-order valence-corrected chi connectivity index (χ4v) is 3.58. The van der Waals surface area contributed by atoms with Gasteiger partial charge in [0.05, 0.1) is 0 Å². The molecule has 2 unspecified atom stereocenters. The van der Waals surface area contributed by atoms with E-state index in [2.05, 4.69) is 12.2 Å². The summed E-state index contributed by atoms with van der Waals surface area (Å²) in [6.07, 6.45) is 1.93. The number of likely N-dealkylation sites (tertiary alicyclic amines) is 1. The number of amides is 2. The van der Waals surface area contributed by atoms with Gasteiger partial charge in [0, 0.05) is 35.9 Å². The summed E-state index contributed by atoms with van der Waals surface area (Å²) in [6.45, 7) is 5.31. The van der Waals surface area contributed by atoms with E-state index in [0.717, 1.165) is 24.9 Å². The van der Waals surface area contributed by atoms with Crippen molar-refractivity contribution in [2.75, 3.05) is 18.4 Å². The van der Waals surface area contributed by atoms with Gasteiger partial charge in [-0.3, -0.25) is 9.59 Å². The van der Waals surface area contributed by atoms with Crippen LogP contribution in [0, 0.1) is 12.8 Å². The van der Waals surface area contributed by atoms with Gasteiger partial charge in [0.2, 0.25) is 0 Å². The maximum absolute atomic E-state index is 13.1. The molecule has 1 heterocycles. The van der Waals surface area contributed by atoms with Crippen molar-refractivity contribution in [2.45, 2.75) is 32.7 Å². The molecule has 3 rings (SSSR count). The van der Waals surface area contributed by atoms with Gasteiger partial charge >= 0.3 is 0 Å². The number of nitrogens with two attached hydrogens (primary N) is 1. The lowest BCUT2D eigenvalue weighted by Crippen LogP contribution is -2.49. The normalized spacial score (nSPS) is 19.6. The number of carbonyl (C=O) groups excluding carboxylic acids is 2. The third kappa shape index (κ3) is 4.37. The molecule has 0 spiro atoms. The van der Waals surface area contributed by atoms with Crippen LogP contribution in [0.5, 0.6) is 0 Å². The van der Waals surface area contributed by atoms with Crippen molar-refractivity contribution in [1.29, 1.82) is 0 Å². The van der Waals surface area contributed by atoms with Crippen LogP contribution in [0.2, 0.25) is 0 Å². The van der Waals surface area contributed by atoms with E-state index >= 15 is 0 Å². The Balaban J connectivity index is 1.80. The lowest BCUT2D eigenvalue weighted by atomic mass is 9.91. The fraction of sp³-hybridized carbons (Fsp3) is 0.364. The second kappa shape index (κ2) is 8.35. The third-order valence-electron chi connectivity index (χ3n) is 5.28. The van der Waals surface area contributed by atoms with Gasteiger partial charge in [-0.1, -0.05) is 31.2 Å². The molecule has 1 saturated heterocycles. The summed E-state index contributed by atoms with van der Waals surface area (Å²) in [4.78, 5) is 27.4. The van der Waals surface area contributed by atoms with E-state index in [-0.39, 0.29) is 17.9 Å². The largest absolute Gasteiger partial charge is 0.334 e. The van der Waals surface area contributed by atoms with Crippen LogP contribution in [-0.4, -0.2) is 35.8 Å². The predicted molar refractivity (Wildman–Crippen MR) is 108 cm³/mol. The van der Waals surface area contributed by atoms with Gasteiger partial charge in [0.15, 0.2) is 0 Å². The molecule has 1 fully saturated rings. The van der Waals surface area contributed by atoms with E-state index in [0.29, 0.717) is 29.3 Å². The van der Waals surface area contributed by atoms with Crippen molar-refractivity contribution in [3.63, 3.8) is 0 Å². The van der Waals surface area contributed by atoms with Crippen LogP contribution < -0.4 is 11.1 Å². The molecule has 1 aliphatic heterocycles. The molecular weight excluding hydrogens is 338 g/mol. The summed E-state index contributed by atoms with van der Waals surface area (Å²) < 4.78 is 0. The van der Waals surface area contributed by atoms with Crippen LogP contribution in [-0.2, 0) is 0 Å². The van der Waals surface area contributed by atoms with E-state index in [9.17, 15) is 9.59 Å². The Morgan fingerprint density at radius 3 is 2.59 bits per heavy atom. The van der Waals surface area contributed by atoms with Crippen LogP contribution in [0.3, 0.4) is 0 Å². The molecule has 0 aromatic heterocycles. The highest BCUT2D eigenvalue weighted by molar-refractivity contribution is 6.05. The Kier molecular flexibility index (Phi) is 5.91. The molecule has 2 aromatic rings. The molecule has 0 bridgehead atoms. The van der Waals surface area contributed by atoms with Crippen molar-refractivity contribution < 1.29 is 9.59 Å². The maximum atomic E-state index is 13.1. The molecule has 142 valence electrons. The summed E-state index contributed by atoms with van der Waals surface area (Å²) in [5, 5.41) is 2.92. The summed E-state index contributed by atoms with van der Waals surface area (Å²) in [5.74, 6) is 0.379. The number of nitrogens with zero attached hydrogens (tertiary/aromatic N) is 1. The number of aryl methyl sites for hydroxylation is 1. The van der Waals surface area contributed by atoms with Crippen LogP contribution in [0.1, 0.15) is 46.0 Å². The van der Waals surface area contributed by atoms with Gasteiger partial charge in [-0.2, -0.15) is 0 Å². The van der Waals surface area contributed by atoms with Crippen molar-refractivity contribution in [3.05, 3.63) is 65.2 Å². The van der Waals surface area contributed by atoms with Crippen molar-refractivity contribution in [3.8, 4) is 0 Å². The Labute approximate surface area is 160 Å². The minimum atomic E-state index is -0.185. The first-order valence-corrected chi connectivity index (χ1v) is 9.47. The van der Waals surface area contributed by atoms with Crippen LogP contribution in [0.4, 0.5) is 5.69 Å². The number of nitrogens with one attached hydrogen (secondary N) is 1. The van der Waals surface area contributed by atoms with E-state index in [1.165, 1.54) is 0 Å². The Morgan fingerprint density at radius 1 is 1.15 bits per heavy atom. The van der Waals surface area contributed by atoms with Crippen LogP contribution in [0.25, 0.3) is 0 Å². The van der Waals surface area contributed by atoms with Crippen LogP contribution in [0.15, 0.2) is 48.5 Å². The topological polar surface area (TPSA) is 75.4 Å². The van der Waals surface area contributed by atoms with Gasteiger partial charge in [0.25, 0.3) is 11.8 Å². The van der Waals surface area contributed by atoms with Crippen LogP contribution >= 0.6 is 0 Å². The lowest BCUT2D eigenvalue weighted by molar-refractivity contribution is 0.0573. The number of hydrogen-bond donors (Lipinski definition) is 2. The summed E-state index contributed by atoms with van der Waals surface area (Å²) in [7, 11) is 0. The predicted octanol–water partition coefficient (Wildman–Crippen LogP) is 3.45. The van der Waals surface area contributed by atoms with Crippen molar-refractivity contribution in [2.24, 2.45) is 11.7 Å². The Morgan fingerprint density at radius 2 is 1.89 bits per heavy atom. The zero-order valence-electron chi connectivity index (χ0n) is 15.9. The standard InChI is InChI=1S/C22H27N3O2/c1-15-10-11-25(19(12-15)14-23)22(27)18-9-8-16(2)20(13-18)24-21(26)17-6-4-3-5-7-17/h3-9,13,15,19H,10-12,14,23H2,1-2H3,(H,24,26). The van der Waals surface area contributed by atoms with Gasteiger partial charge in [-0.25, -0.2) is 0 Å². The van der Waals surface area contributed by atoms with E-state index in [4.69, 9.17) is 5.73 Å². The first kappa shape index (κ1) is 19.1. The number of piperidine rings is 1. The van der Waals surface area contributed by atoms with Crippen molar-refractivity contribution in [1.82, 2.24) is 4.90 Å². The zero-order valence-corrected chi connectivity index (χ0v) is 15.9. The first-order chi connectivity index (χ1) is 13.0. The van der Waals surface area contributed by atoms with Crippen molar-refractivity contribution >= 4 is 17.5 Å². The van der Waals surface area contributed by atoms with Gasteiger partial charge in [0.1, 0.15) is 0 Å². The average Bonchev–Trinajstić information content (AvgIpc) is 2.69. The molecule has 2 aromatic carbocycles. The summed E-state index contributed by atoms with van der Waals surface area (Å²) in [5.41, 5.74) is 8.64. The number of anilines is 1. The average molecular weight is 365 g/mol. The quantitative estimate of drug-likeness (QED) is 0.871. The number of hydrogen-bond acceptors (Lipinski definition) is 3. The maximum Gasteiger partial charge on any atom is 0.255 e. The van der Waals surface area contributed by atoms with E-state index < -0.39 is 0 Å². The molecule has 2 amide bonds. The molecular formula is C22H27N3O2. The van der Waals surface area contributed by atoms with Gasteiger partial charge in [-0.05, 0) is 55.5 Å². The van der Waals surface area contributed by atoms with E-state index in [1.807, 2.05) is 42.2 Å². The molecule has 5 nitrogen and oxygen atoms in total. The second-order valence-electron chi connectivity index (χ2n) is 7.37. The molecule has 0 saturated carbocycles. The number of carbonyl (C=O) groups is 2. The first-order valence-electron chi connectivity index (χ1n) is 9.47. The minimum absolute atomic E-state index is 0.0208. The van der Waals surface area contributed by atoms with Gasteiger partial charge in [-0.15, -0.1) is 0 Å².